The number of phenolic OH excluding ortho intramolecular Hbond substituents is 1. The molecule has 0 atom stereocenters. The summed E-state index contributed by atoms with van der Waals surface area (Å²) in [6.07, 6.45) is 3.38. The number of halogens is 1. The molecule has 0 fully saturated rings. The van der Waals surface area contributed by atoms with E-state index in [-0.39, 0.29) is 11.6 Å². The molecule has 0 unspecified atom stereocenters. The molecule has 0 saturated carbocycles. The molecule has 2 heteroatoms. The van der Waals surface area contributed by atoms with Crippen LogP contribution in [0.2, 0.25) is 0 Å². The second kappa shape index (κ2) is 3.88. The minimum absolute atomic E-state index is 0.0990. The number of rotatable bonds is 1. The van der Waals surface area contributed by atoms with E-state index in [1.807, 2.05) is 12.1 Å². The lowest BCUT2D eigenvalue weighted by Crippen LogP contribution is -1.87. The quantitative estimate of drug-likeness (QED) is 0.789. The van der Waals surface area contributed by atoms with Crippen molar-refractivity contribution in [3.8, 4) is 16.9 Å². The van der Waals surface area contributed by atoms with Gasteiger partial charge in [-0.05, 0) is 54.2 Å². The molecule has 86 valence electrons. The van der Waals surface area contributed by atoms with Gasteiger partial charge in [0, 0.05) is 5.56 Å². The first kappa shape index (κ1) is 10.3. The molecule has 1 nitrogen and oxygen atoms in total. The van der Waals surface area contributed by atoms with Gasteiger partial charge < -0.3 is 5.11 Å². The fourth-order valence-electron chi connectivity index (χ4n) is 2.47. The first-order valence-corrected chi connectivity index (χ1v) is 5.85. The number of hydrogen-bond acceptors (Lipinski definition) is 1. The van der Waals surface area contributed by atoms with Crippen molar-refractivity contribution in [3.63, 3.8) is 0 Å². The Balaban J connectivity index is 2.12. The third kappa shape index (κ3) is 1.80. The molecule has 2 aromatic rings. The van der Waals surface area contributed by atoms with Crippen LogP contribution in [0.25, 0.3) is 11.1 Å². The molecular weight excluding hydrogens is 215 g/mol. The predicted octanol–water partition coefficient (Wildman–Crippen LogP) is 3.69. The highest BCUT2D eigenvalue weighted by molar-refractivity contribution is 5.67. The van der Waals surface area contributed by atoms with Crippen molar-refractivity contribution >= 4 is 0 Å². The maximum atomic E-state index is 13.7. The Morgan fingerprint density at radius 3 is 2.65 bits per heavy atom. The van der Waals surface area contributed by atoms with Crippen molar-refractivity contribution in [2.24, 2.45) is 0 Å². The van der Waals surface area contributed by atoms with Gasteiger partial charge in [-0.25, -0.2) is 4.39 Å². The summed E-state index contributed by atoms with van der Waals surface area (Å²) in [5.41, 5.74) is 4.00. The lowest BCUT2D eigenvalue weighted by atomic mass is 10.00. The summed E-state index contributed by atoms with van der Waals surface area (Å²) in [6, 6.07) is 10.2. The molecule has 0 spiro atoms. The smallest absolute Gasteiger partial charge is 0.131 e. The van der Waals surface area contributed by atoms with Crippen LogP contribution < -0.4 is 0 Å². The Morgan fingerprint density at radius 2 is 1.76 bits per heavy atom. The summed E-state index contributed by atoms with van der Waals surface area (Å²) in [5.74, 6) is -0.192. The normalized spacial score (nSPS) is 13.7. The first-order valence-electron chi connectivity index (χ1n) is 5.85. The second-order valence-corrected chi connectivity index (χ2v) is 4.50. The number of phenols is 1. The van der Waals surface area contributed by atoms with E-state index >= 15 is 0 Å². The predicted molar refractivity (Wildman–Crippen MR) is 65.5 cm³/mol. The van der Waals surface area contributed by atoms with E-state index in [9.17, 15) is 9.50 Å². The highest BCUT2D eigenvalue weighted by Gasteiger charge is 2.13. The van der Waals surface area contributed by atoms with E-state index in [1.165, 1.54) is 35.7 Å². The van der Waals surface area contributed by atoms with Crippen LogP contribution in [0.1, 0.15) is 17.5 Å². The van der Waals surface area contributed by atoms with E-state index in [0.717, 1.165) is 18.4 Å². The lowest BCUT2D eigenvalue weighted by Gasteiger charge is -2.07. The molecular formula is C15H13FO. The SMILES string of the molecule is Oc1ccc(F)c(-c2ccc3c(c2)CCC3)c1. The fraction of sp³-hybridized carbons (Fsp3) is 0.200. The van der Waals surface area contributed by atoms with Crippen molar-refractivity contribution in [1.82, 2.24) is 0 Å². The summed E-state index contributed by atoms with van der Waals surface area (Å²) in [7, 11) is 0. The second-order valence-electron chi connectivity index (χ2n) is 4.50. The van der Waals surface area contributed by atoms with E-state index in [1.54, 1.807) is 0 Å². The maximum Gasteiger partial charge on any atom is 0.131 e. The van der Waals surface area contributed by atoms with Crippen molar-refractivity contribution in [3.05, 3.63) is 53.3 Å². The molecule has 0 aliphatic heterocycles. The Bertz CT molecular complexity index is 575. The Labute approximate surface area is 99.5 Å². The number of aromatic hydroxyl groups is 1. The highest BCUT2D eigenvalue weighted by atomic mass is 19.1. The average Bonchev–Trinajstić information content (AvgIpc) is 2.79. The van der Waals surface area contributed by atoms with Crippen LogP contribution >= 0.6 is 0 Å². The van der Waals surface area contributed by atoms with Crippen molar-refractivity contribution in [1.29, 1.82) is 0 Å². The van der Waals surface area contributed by atoms with Gasteiger partial charge in [-0.15, -0.1) is 0 Å². The number of hydrogen-bond donors (Lipinski definition) is 1. The van der Waals surface area contributed by atoms with E-state index in [0.29, 0.717) is 5.56 Å². The molecule has 0 radical (unpaired) electrons. The minimum atomic E-state index is -0.291. The summed E-state index contributed by atoms with van der Waals surface area (Å²) < 4.78 is 13.7. The Morgan fingerprint density at radius 1 is 0.941 bits per heavy atom. The van der Waals surface area contributed by atoms with Crippen LogP contribution in [0.3, 0.4) is 0 Å². The van der Waals surface area contributed by atoms with Crippen molar-refractivity contribution < 1.29 is 9.50 Å². The molecule has 1 N–H and O–H groups in total. The molecule has 1 aliphatic rings. The summed E-state index contributed by atoms with van der Waals surface area (Å²) in [6.45, 7) is 0. The van der Waals surface area contributed by atoms with Gasteiger partial charge in [0.25, 0.3) is 0 Å². The molecule has 17 heavy (non-hydrogen) atoms. The molecule has 0 saturated heterocycles. The zero-order valence-electron chi connectivity index (χ0n) is 9.41. The van der Waals surface area contributed by atoms with Crippen LogP contribution in [-0.2, 0) is 12.8 Å². The van der Waals surface area contributed by atoms with Gasteiger partial charge in [-0.3, -0.25) is 0 Å². The lowest BCUT2D eigenvalue weighted by molar-refractivity contribution is 0.473. The minimum Gasteiger partial charge on any atom is -0.508 e. The largest absolute Gasteiger partial charge is 0.508 e. The Kier molecular flexibility index (Phi) is 2.36. The summed E-state index contributed by atoms with van der Waals surface area (Å²) in [5, 5.41) is 9.43. The van der Waals surface area contributed by atoms with Gasteiger partial charge in [-0.2, -0.15) is 0 Å². The van der Waals surface area contributed by atoms with Crippen molar-refractivity contribution in [2.75, 3.05) is 0 Å². The van der Waals surface area contributed by atoms with E-state index in [2.05, 4.69) is 6.07 Å². The van der Waals surface area contributed by atoms with Gasteiger partial charge in [0.15, 0.2) is 0 Å². The summed E-state index contributed by atoms with van der Waals surface area (Å²) in [4.78, 5) is 0. The molecule has 3 rings (SSSR count). The van der Waals surface area contributed by atoms with Crippen LogP contribution in [0, 0.1) is 5.82 Å². The monoisotopic (exact) mass is 228 g/mol. The van der Waals surface area contributed by atoms with Gasteiger partial charge >= 0.3 is 0 Å². The topological polar surface area (TPSA) is 20.2 Å². The zero-order chi connectivity index (χ0) is 11.8. The Hall–Kier alpha value is -1.83. The van der Waals surface area contributed by atoms with Crippen LogP contribution in [-0.4, -0.2) is 5.11 Å². The molecule has 0 aromatic heterocycles. The fourth-order valence-corrected chi connectivity index (χ4v) is 2.47. The van der Waals surface area contributed by atoms with Crippen molar-refractivity contribution in [2.45, 2.75) is 19.3 Å². The van der Waals surface area contributed by atoms with Crippen LogP contribution in [0.15, 0.2) is 36.4 Å². The van der Waals surface area contributed by atoms with Gasteiger partial charge in [0.1, 0.15) is 11.6 Å². The zero-order valence-corrected chi connectivity index (χ0v) is 9.41. The van der Waals surface area contributed by atoms with E-state index in [4.69, 9.17) is 0 Å². The highest BCUT2D eigenvalue weighted by Crippen LogP contribution is 2.31. The summed E-state index contributed by atoms with van der Waals surface area (Å²) >= 11 is 0. The number of fused-ring (bicyclic) bond motifs is 1. The molecule has 2 aromatic carbocycles. The van der Waals surface area contributed by atoms with Gasteiger partial charge in [0.2, 0.25) is 0 Å². The van der Waals surface area contributed by atoms with Crippen LogP contribution in [0.4, 0.5) is 4.39 Å². The van der Waals surface area contributed by atoms with Gasteiger partial charge in [0.05, 0.1) is 0 Å². The standard InChI is InChI=1S/C15H13FO/c16-15-7-6-13(17)9-14(15)12-5-4-10-2-1-3-11(10)8-12/h4-9,17H,1-3H2. The molecule has 1 aliphatic carbocycles. The average molecular weight is 228 g/mol. The third-order valence-corrected chi connectivity index (χ3v) is 3.36. The first-order chi connectivity index (χ1) is 8.24. The third-order valence-electron chi connectivity index (χ3n) is 3.36. The molecule has 0 amide bonds. The van der Waals surface area contributed by atoms with E-state index < -0.39 is 0 Å². The molecule has 0 bridgehead atoms. The number of aryl methyl sites for hydroxylation is 2. The maximum absolute atomic E-state index is 13.7. The molecule has 0 heterocycles. The van der Waals surface area contributed by atoms with Crippen LogP contribution in [0.5, 0.6) is 5.75 Å². The van der Waals surface area contributed by atoms with Gasteiger partial charge in [-0.1, -0.05) is 18.2 Å². The number of benzene rings is 2.